The van der Waals surface area contributed by atoms with E-state index in [1.807, 2.05) is 0 Å². The molecule has 2 radical (unpaired) electrons. The van der Waals surface area contributed by atoms with Gasteiger partial charge in [0.15, 0.2) is 0 Å². The minimum atomic E-state index is -4.64. The van der Waals surface area contributed by atoms with Crippen LogP contribution in [0.2, 0.25) is 0 Å². The molecule has 0 amide bonds. The second kappa shape index (κ2) is 13.5. The summed E-state index contributed by atoms with van der Waals surface area (Å²) >= 11 is 0. The molecule has 50 valence electrons. The molecule has 0 saturated heterocycles. The monoisotopic (exact) mass is 276 g/mol. The van der Waals surface area contributed by atoms with Crippen LogP contribution in [0.4, 0.5) is 0 Å². The first kappa shape index (κ1) is 29.7. The SMILES string of the molecule is O=P(O)(O)O.[Mn].[NaH].[Ti].[V]. The summed E-state index contributed by atoms with van der Waals surface area (Å²) in [7, 11) is -4.64. The van der Waals surface area contributed by atoms with E-state index in [9.17, 15) is 0 Å². The van der Waals surface area contributed by atoms with Crippen molar-refractivity contribution >= 4 is 37.4 Å². The van der Waals surface area contributed by atoms with Gasteiger partial charge in [0.25, 0.3) is 0 Å². The molecule has 0 aromatic rings. The summed E-state index contributed by atoms with van der Waals surface area (Å²) in [6.45, 7) is 0. The predicted molar refractivity (Wildman–Crippen MR) is 21.4 cm³/mol. The molecule has 0 saturated carbocycles. The fourth-order valence-electron chi connectivity index (χ4n) is 0. The van der Waals surface area contributed by atoms with E-state index in [1.54, 1.807) is 0 Å². The standard InChI is InChI=1S/Mn.Na.H3O4P.Ti.V.H/c;;1-5(2,3)4;;;/h;;(H3,1,2,3,4);;;. The van der Waals surface area contributed by atoms with E-state index in [2.05, 4.69) is 0 Å². The molecule has 0 rings (SSSR count). The summed E-state index contributed by atoms with van der Waals surface area (Å²) < 4.78 is 8.88. The van der Waals surface area contributed by atoms with E-state index >= 15 is 0 Å². The smallest absolute Gasteiger partial charge is 0 e. The van der Waals surface area contributed by atoms with E-state index in [0.29, 0.717) is 0 Å². The van der Waals surface area contributed by atoms with Crippen LogP contribution in [0.15, 0.2) is 0 Å². The first-order chi connectivity index (χ1) is 2.00. The molecule has 0 fully saturated rings. The Balaban J connectivity index is -0.0000000133. The maximum absolute atomic E-state index is 8.88. The number of rotatable bonds is 0. The van der Waals surface area contributed by atoms with Crippen molar-refractivity contribution < 1.29 is 76.6 Å². The molecule has 0 aliphatic carbocycles. The molecule has 0 heterocycles. The molecule has 0 aromatic heterocycles. The third kappa shape index (κ3) is 102. The fourth-order valence-corrected chi connectivity index (χ4v) is 0. The van der Waals surface area contributed by atoms with Gasteiger partial charge in [-0.25, -0.2) is 4.57 Å². The maximum Gasteiger partial charge on any atom is 0 e. The van der Waals surface area contributed by atoms with Gasteiger partial charge in [-0.05, 0) is 0 Å². The van der Waals surface area contributed by atoms with Crippen molar-refractivity contribution in [2.24, 2.45) is 0 Å². The zero-order valence-electron chi connectivity index (χ0n) is 3.52. The summed E-state index contributed by atoms with van der Waals surface area (Å²) in [6.07, 6.45) is 0. The Bertz CT molecular complexity index is 66.7. The van der Waals surface area contributed by atoms with Crippen LogP contribution < -0.4 is 0 Å². The molecule has 0 aliphatic rings. The minimum absolute atomic E-state index is 0. The first-order valence-electron chi connectivity index (χ1n) is 0.783. The predicted octanol–water partition coefficient (Wildman–Crippen LogP) is -1.58. The second-order valence-electron chi connectivity index (χ2n) is 0.513. The quantitative estimate of drug-likeness (QED) is 0.368. The van der Waals surface area contributed by atoms with Crippen molar-refractivity contribution in [3.8, 4) is 0 Å². The summed E-state index contributed by atoms with van der Waals surface area (Å²) in [4.78, 5) is 21.6. The van der Waals surface area contributed by atoms with Crippen molar-refractivity contribution in [3.63, 3.8) is 0 Å². The van der Waals surface area contributed by atoms with Crippen LogP contribution >= 0.6 is 7.82 Å². The molecule has 0 bridgehead atoms. The molecular weight excluding hydrogens is 272 g/mol. The first-order valence-corrected chi connectivity index (χ1v) is 2.35. The largest absolute Gasteiger partial charge is 0 e. The zero-order chi connectivity index (χ0) is 4.50. The van der Waals surface area contributed by atoms with Gasteiger partial charge in [0.05, 0.1) is 0 Å². The van der Waals surface area contributed by atoms with Gasteiger partial charge in [-0.2, -0.15) is 0 Å². The van der Waals surface area contributed by atoms with Gasteiger partial charge in [-0.15, -0.1) is 0 Å². The molecular formula is H4MnNaO4PTiV. The van der Waals surface area contributed by atoms with Crippen LogP contribution in [-0.2, 0) is 61.9 Å². The Morgan fingerprint density at radius 3 is 1.11 bits per heavy atom. The normalized spacial score (nSPS) is 6.56. The van der Waals surface area contributed by atoms with Crippen molar-refractivity contribution in [1.82, 2.24) is 0 Å². The van der Waals surface area contributed by atoms with Gasteiger partial charge in [0.2, 0.25) is 0 Å². The molecule has 3 N–H and O–H groups in total. The molecule has 0 atom stereocenters. The van der Waals surface area contributed by atoms with Crippen molar-refractivity contribution in [3.05, 3.63) is 0 Å². The van der Waals surface area contributed by atoms with Crippen LogP contribution in [0.1, 0.15) is 0 Å². The van der Waals surface area contributed by atoms with Gasteiger partial charge in [0, 0.05) is 57.3 Å². The summed E-state index contributed by atoms with van der Waals surface area (Å²) in [5.74, 6) is 0. The zero-order valence-corrected chi connectivity index (χ0v) is 8.56. The molecule has 0 aliphatic heterocycles. The van der Waals surface area contributed by atoms with Crippen molar-refractivity contribution in [2.45, 2.75) is 0 Å². The van der Waals surface area contributed by atoms with Crippen molar-refractivity contribution in [2.75, 3.05) is 0 Å². The maximum atomic E-state index is 8.88. The van der Waals surface area contributed by atoms with Crippen LogP contribution in [0, 0.1) is 0 Å². The minimum Gasteiger partial charge on any atom is 0 e. The third-order valence-corrected chi connectivity index (χ3v) is 0. The second-order valence-corrected chi connectivity index (χ2v) is 1.54. The van der Waals surface area contributed by atoms with E-state index in [-0.39, 0.29) is 86.9 Å². The van der Waals surface area contributed by atoms with E-state index in [4.69, 9.17) is 19.2 Å². The summed E-state index contributed by atoms with van der Waals surface area (Å²) in [6, 6.07) is 0. The fraction of sp³-hybridized carbons (Fsp3) is 0. The molecule has 0 aromatic carbocycles. The summed E-state index contributed by atoms with van der Waals surface area (Å²) in [5.41, 5.74) is 0. The Morgan fingerprint density at radius 1 is 1.11 bits per heavy atom. The molecule has 9 heteroatoms. The average molecular weight is 276 g/mol. The number of hydrogen-bond acceptors (Lipinski definition) is 1. The third-order valence-electron chi connectivity index (χ3n) is 0. The number of hydrogen-bond donors (Lipinski definition) is 3. The van der Waals surface area contributed by atoms with Gasteiger partial charge in [-0.3, -0.25) is 0 Å². The van der Waals surface area contributed by atoms with Gasteiger partial charge in [0.1, 0.15) is 0 Å². The van der Waals surface area contributed by atoms with Crippen molar-refractivity contribution in [1.29, 1.82) is 0 Å². The van der Waals surface area contributed by atoms with E-state index < -0.39 is 7.82 Å². The van der Waals surface area contributed by atoms with Gasteiger partial charge < -0.3 is 14.7 Å². The molecule has 0 unspecified atom stereocenters. The Morgan fingerprint density at radius 2 is 1.11 bits per heavy atom. The van der Waals surface area contributed by atoms with E-state index in [1.165, 1.54) is 0 Å². The molecule has 9 heavy (non-hydrogen) atoms. The molecule has 0 spiro atoms. The van der Waals surface area contributed by atoms with Crippen LogP contribution in [0.3, 0.4) is 0 Å². The number of phosphoric acid groups is 1. The topological polar surface area (TPSA) is 77.8 Å². The van der Waals surface area contributed by atoms with Crippen LogP contribution in [0.5, 0.6) is 0 Å². The Kier molecular flexibility index (Phi) is 44.6. The molecule has 4 nitrogen and oxygen atoms in total. The Hall–Kier alpha value is 2.93. The van der Waals surface area contributed by atoms with Crippen LogP contribution in [0.25, 0.3) is 0 Å². The van der Waals surface area contributed by atoms with Gasteiger partial charge >= 0.3 is 37.4 Å². The Labute approximate surface area is 112 Å². The summed E-state index contributed by atoms with van der Waals surface area (Å²) in [5, 5.41) is 0. The van der Waals surface area contributed by atoms with Crippen LogP contribution in [-0.4, -0.2) is 44.2 Å². The van der Waals surface area contributed by atoms with E-state index in [0.717, 1.165) is 0 Å². The average Bonchev–Trinajstić information content (AvgIpc) is 0.722. The van der Waals surface area contributed by atoms with Gasteiger partial charge in [-0.1, -0.05) is 0 Å².